The maximum Gasteiger partial charge on any atom is 0.264 e. The number of pyridine rings is 1. The van der Waals surface area contributed by atoms with E-state index in [0.717, 1.165) is 18.3 Å². The summed E-state index contributed by atoms with van der Waals surface area (Å²) in [4.78, 5) is 41.5. The Bertz CT molecular complexity index is 1540. The Labute approximate surface area is 234 Å². The van der Waals surface area contributed by atoms with Gasteiger partial charge in [0.2, 0.25) is 11.5 Å². The van der Waals surface area contributed by atoms with E-state index in [9.17, 15) is 18.4 Å². The first-order valence-corrected chi connectivity index (χ1v) is 13.2. The molecular weight excluding hydrogens is 537 g/mol. The zero-order valence-electron chi connectivity index (χ0n) is 22.7. The van der Waals surface area contributed by atoms with Crippen molar-refractivity contribution in [1.82, 2.24) is 19.9 Å². The Morgan fingerprint density at radius 2 is 2.00 bits per heavy atom. The molecule has 0 unspecified atom stereocenters. The number of aromatic amines is 1. The van der Waals surface area contributed by atoms with Gasteiger partial charge >= 0.3 is 0 Å². The summed E-state index contributed by atoms with van der Waals surface area (Å²) in [6.07, 6.45) is 1.90. The lowest BCUT2D eigenvalue weighted by Crippen LogP contribution is -2.50. The molecule has 0 saturated carbocycles. The molecule has 2 aliphatic rings. The van der Waals surface area contributed by atoms with Crippen LogP contribution in [0.1, 0.15) is 41.3 Å². The van der Waals surface area contributed by atoms with E-state index in [4.69, 9.17) is 5.73 Å². The molecule has 2 aromatic heterocycles. The summed E-state index contributed by atoms with van der Waals surface area (Å²) in [6.45, 7) is 4.95. The summed E-state index contributed by atoms with van der Waals surface area (Å²) in [5.74, 6) is -0.456. The molecule has 0 bridgehead atoms. The number of H-pyrrole nitrogens is 1. The minimum Gasteiger partial charge on any atom is -0.368 e. The van der Waals surface area contributed by atoms with E-state index in [1.54, 1.807) is 18.3 Å². The van der Waals surface area contributed by atoms with Gasteiger partial charge < -0.3 is 30.7 Å². The number of amides is 1. The van der Waals surface area contributed by atoms with Crippen molar-refractivity contribution in [2.75, 3.05) is 60.6 Å². The summed E-state index contributed by atoms with van der Waals surface area (Å²) in [5, 5.41) is 2.73. The van der Waals surface area contributed by atoms with Crippen molar-refractivity contribution in [3.05, 3.63) is 75.6 Å². The first-order chi connectivity index (χ1) is 19.6. The first kappa shape index (κ1) is 28.1. The summed E-state index contributed by atoms with van der Waals surface area (Å²) >= 11 is 0. The van der Waals surface area contributed by atoms with Crippen LogP contribution < -0.4 is 26.4 Å². The van der Waals surface area contributed by atoms with Crippen LogP contribution in [0, 0.1) is 5.82 Å². The van der Waals surface area contributed by atoms with Crippen molar-refractivity contribution in [2.45, 2.75) is 25.8 Å². The molecule has 1 fully saturated rings. The second kappa shape index (κ2) is 11.6. The topological polar surface area (TPSA) is 123 Å². The molecular formula is C28H31F3N8O2. The Morgan fingerprint density at radius 3 is 2.68 bits per heavy atom. The fourth-order valence-corrected chi connectivity index (χ4v) is 5.15. The van der Waals surface area contributed by atoms with Gasteiger partial charge in [0.15, 0.2) is 0 Å². The zero-order chi connectivity index (χ0) is 29.3. The summed E-state index contributed by atoms with van der Waals surface area (Å²) in [7, 11) is 2.01. The highest BCUT2D eigenvalue weighted by molar-refractivity contribution is 6.07. The van der Waals surface area contributed by atoms with Gasteiger partial charge in [-0.05, 0) is 44.2 Å². The predicted molar refractivity (Wildman–Crippen MR) is 152 cm³/mol. The van der Waals surface area contributed by atoms with Crippen LogP contribution in [0.2, 0.25) is 0 Å². The average Bonchev–Trinajstić information content (AvgIpc) is 2.95. The van der Waals surface area contributed by atoms with E-state index in [2.05, 4.69) is 25.2 Å². The van der Waals surface area contributed by atoms with Gasteiger partial charge in [0, 0.05) is 68.4 Å². The van der Waals surface area contributed by atoms with Gasteiger partial charge in [0.1, 0.15) is 11.6 Å². The van der Waals surface area contributed by atoms with Crippen molar-refractivity contribution >= 4 is 34.6 Å². The number of nitrogens with two attached hydrogens (primary N) is 1. The van der Waals surface area contributed by atoms with Crippen LogP contribution >= 0.6 is 0 Å². The highest BCUT2D eigenvalue weighted by Gasteiger charge is 2.27. The number of nitrogens with zero attached hydrogens (tertiary/aromatic N) is 5. The van der Waals surface area contributed by atoms with Gasteiger partial charge in [-0.1, -0.05) is 6.08 Å². The van der Waals surface area contributed by atoms with Crippen LogP contribution in [0.15, 0.2) is 47.5 Å². The van der Waals surface area contributed by atoms with Crippen molar-refractivity contribution in [2.24, 2.45) is 0 Å². The number of nitrogens with one attached hydrogen (secondary N) is 2. The predicted octanol–water partition coefficient (Wildman–Crippen LogP) is 3.51. The number of nitrogen functional groups attached to an aromatic ring is 1. The molecule has 41 heavy (non-hydrogen) atoms. The van der Waals surface area contributed by atoms with E-state index >= 15 is 4.39 Å². The Hall–Kier alpha value is -4.39. The molecule has 1 atom stereocenters. The third-order valence-corrected chi connectivity index (χ3v) is 7.61. The molecule has 1 aromatic carbocycles. The maximum atomic E-state index is 15.7. The van der Waals surface area contributed by atoms with E-state index in [1.165, 1.54) is 6.07 Å². The molecule has 3 aromatic rings. The molecule has 0 spiro atoms. The quantitative estimate of drug-likeness (QED) is 0.413. The van der Waals surface area contributed by atoms with E-state index in [-0.39, 0.29) is 17.6 Å². The third kappa shape index (κ3) is 6.04. The Morgan fingerprint density at radius 1 is 1.20 bits per heavy atom. The number of rotatable bonds is 6. The Kier molecular flexibility index (Phi) is 7.97. The van der Waals surface area contributed by atoms with Gasteiger partial charge in [0.05, 0.1) is 16.9 Å². The fraction of sp³-hybridized carbons (Fsp3) is 0.357. The molecule has 1 saturated heterocycles. The number of carbonyl (C=O) groups excluding carboxylic acids is 1. The van der Waals surface area contributed by atoms with Gasteiger partial charge in [-0.2, -0.15) is 4.98 Å². The average molecular weight is 569 g/mol. The minimum absolute atomic E-state index is 0.162. The number of piperazine rings is 1. The van der Waals surface area contributed by atoms with Crippen molar-refractivity contribution in [3.8, 4) is 0 Å². The van der Waals surface area contributed by atoms with Gasteiger partial charge in [0.25, 0.3) is 12.3 Å². The summed E-state index contributed by atoms with van der Waals surface area (Å²) in [6, 6.07) is 5.58. The number of alkyl halides is 2. The zero-order valence-corrected chi connectivity index (χ0v) is 22.7. The van der Waals surface area contributed by atoms with E-state index < -0.39 is 29.3 Å². The minimum atomic E-state index is -3.03. The number of carbonyl (C=O) groups is 1. The second-order valence-corrected chi connectivity index (χ2v) is 10.2. The molecule has 4 heterocycles. The number of aromatic nitrogens is 3. The Balaban J connectivity index is 1.50. The monoisotopic (exact) mass is 568 g/mol. The number of anilines is 4. The second-order valence-electron chi connectivity index (χ2n) is 10.2. The lowest BCUT2D eigenvalue weighted by Gasteiger charge is -2.40. The molecule has 0 aliphatic carbocycles. The number of hydrogen-bond acceptors (Lipinski definition) is 8. The normalized spacial score (nSPS) is 18.0. The van der Waals surface area contributed by atoms with Gasteiger partial charge in [-0.3, -0.25) is 9.59 Å². The standard InChI is InChI=1S/C28H31F3N8O2/c1-16-15-39(10-9-37(16)2)23-13-21(29)18(17-4-7-38(8-5-17)24-3-6-33-28(32)36-24)11-22(23)35-27(41)20-14-34-25(40)12-19(20)26(30)31/h3-4,6,11-14,16,26H,5,7-10,15H2,1-2H3,(H,34,40)(H,35,41)(H2,32,33,36)/t16-/m0/s1. The van der Waals surface area contributed by atoms with Crippen LogP contribution in [0.5, 0.6) is 0 Å². The number of benzene rings is 1. The third-order valence-electron chi connectivity index (χ3n) is 7.61. The van der Waals surface area contributed by atoms with Gasteiger partial charge in [-0.25, -0.2) is 18.2 Å². The van der Waals surface area contributed by atoms with Crippen LogP contribution in [-0.4, -0.2) is 71.6 Å². The van der Waals surface area contributed by atoms with Crippen LogP contribution in [0.3, 0.4) is 0 Å². The highest BCUT2D eigenvalue weighted by atomic mass is 19.3. The van der Waals surface area contributed by atoms with Crippen molar-refractivity contribution in [3.63, 3.8) is 0 Å². The SMILES string of the molecule is C[C@H]1CN(c2cc(F)c(C3=CCN(c4ccnc(N)n4)CC3)cc2NC(=O)c2c[nH]c(=O)cc2C(F)F)CCN1C. The number of halogens is 3. The highest BCUT2D eigenvalue weighted by Crippen LogP contribution is 2.36. The summed E-state index contributed by atoms with van der Waals surface area (Å²) in [5.41, 5.74) is 5.73. The smallest absolute Gasteiger partial charge is 0.264 e. The molecule has 2 aliphatic heterocycles. The van der Waals surface area contributed by atoms with Gasteiger partial charge in [-0.15, -0.1) is 0 Å². The number of hydrogen-bond donors (Lipinski definition) is 3. The van der Waals surface area contributed by atoms with Crippen LogP contribution in [0.4, 0.5) is 36.3 Å². The van der Waals surface area contributed by atoms with E-state index in [1.807, 2.05) is 29.8 Å². The lowest BCUT2D eigenvalue weighted by atomic mass is 9.97. The van der Waals surface area contributed by atoms with Crippen LogP contribution in [0.25, 0.3) is 5.57 Å². The molecule has 10 nitrogen and oxygen atoms in total. The van der Waals surface area contributed by atoms with Crippen LogP contribution in [-0.2, 0) is 0 Å². The number of likely N-dealkylation sites (N-methyl/N-ethyl adjacent to an activating group) is 1. The molecule has 5 rings (SSSR count). The molecule has 0 radical (unpaired) electrons. The molecule has 1 amide bonds. The lowest BCUT2D eigenvalue weighted by molar-refractivity contribution is 0.101. The summed E-state index contributed by atoms with van der Waals surface area (Å²) < 4.78 is 43.1. The van der Waals surface area contributed by atoms with Crippen molar-refractivity contribution in [1.29, 1.82) is 0 Å². The largest absolute Gasteiger partial charge is 0.368 e. The van der Waals surface area contributed by atoms with Crippen molar-refractivity contribution < 1.29 is 18.0 Å². The maximum absolute atomic E-state index is 15.7. The van der Waals surface area contributed by atoms with E-state index in [0.29, 0.717) is 61.4 Å². The fourth-order valence-electron chi connectivity index (χ4n) is 5.15. The molecule has 13 heteroatoms. The molecule has 216 valence electrons. The first-order valence-electron chi connectivity index (χ1n) is 13.2. The molecule has 4 N–H and O–H groups in total.